The molecule has 0 aromatic heterocycles. The average molecular weight is 286 g/mol. The maximum atomic E-state index is 7.05. The summed E-state index contributed by atoms with van der Waals surface area (Å²) in [5, 5.41) is 1.42. The van der Waals surface area contributed by atoms with Gasteiger partial charge in [0.25, 0.3) is 0 Å². The first-order chi connectivity index (χ1) is 8.73. The Morgan fingerprint density at radius 1 is 0.833 bits per heavy atom. The van der Waals surface area contributed by atoms with E-state index in [1.807, 2.05) is 0 Å². The summed E-state index contributed by atoms with van der Waals surface area (Å²) in [6.07, 6.45) is 10.2. The molecule has 0 saturated carbocycles. The smallest absolute Gasteiger partial charge is 0.0654 e. The van der Waals surface area contributed by atoms with Gasteiger partial charge < -0.3 is 0 Å². The van der Waals surface area contributed by atoms with Crippen LogP contribution in [0.15, 0.2) is 30.3 Å². The molecule has 0 nitrogen and oxygen atoms in total. The van der Waals surface area contributed by atoms with E-state index < -0.39 is 6.62 Å². The van der Waals surface area contributed by atoms with Crippen molar-refractivity contribution in [2.24, 2.45) is 0 Å². The molecule has 0 spiro atoms. The molecule has 0 aliphatic rings. The van der Waals surface area contributed by atoms with Crippen LogP contribution in [-0.2, 0) is 0 Å². The number of rotatable bonds is 9. The van der Waals surface area contributed by atoms with Gasteiger partial charge in [0, 0.05) is 0 Å². The highest BCUT2D eigenvalue weighted by Gasteiger charge is 2.37. The van der Waals surface area contributed by atoms with Gasteiger partial charge in [0.05, 0.1) is 23.6 Å². The van der Waals surface area contributed by atoms with Gasteiger partial charge in [-0.15, -0.1) is 0 Å². The van der Waals surface area contributed by atoms with Gasteiger partial charge in [0.2, 0.25) is 0 Å². The lowest BCUT2D eigenvalue weighted by molar-refractivity contribution is 0.762. The molecular formula is C16H27ClP+. The third-order valence-electron chi connectivity index (χ3n) is 3.45. The lowest BCUT2D eigenvalue weighted by Gasteiger charge is -2.19. The quantitative estimate of drug-likeness (QED) is 0.393. The van der Waals surface area contributed by atoms with Crippen LogP contribution >= 0.6 is 17.9 Å². The predicted octanol–water partition coefficient (Wildman–Crippen LogP) is 5.86. The summed E-state index contributed by atoms with van der Waals surface area (Å²) in [6, 6.07) is 10.8. The van der Waals surface area contributed by atoms with Gasteiger partial charge in [-0.2, -0.15) is 0 Å². The van der Waals surface area contributed by atoms with Crippen LogP contribution in [0.2, 0.25) is 0 Å². The number of hydrogen-bond donors (Lipinski definition) is 0. The van der Waals surface area contributed by atoms with Gasteiger partial charge in [-0.1, -0.05) is 57.7 Å². The van der Waals surface area contributed by atoms with E-state index in [-0.39, 0.29) is 0 Å². The Labute approximate surface area is 118 Å². The molecule has 0 atom stereocenters. The zero-order valence-corrected chi connectivity index (χ0v) is 13.5. The Bertz CT molecular complexity index is 300. The highest BCUT2D eigenvalue weighted by atomic mass is 35.7. The third kappa shape index (κ3) is 5.29. The van der Waals surface area contributed by atoms with E-state index in [4.69, 9.17) is 11.2 Å². The SMILES string of the molecule is CCCCC[P+](Cl)(CCCCC)c1ccccc1. The van der Waals surface area contributed by atoms with Gasteiger partial charge in [0.1, 0.15) is 11.9 Å². The lowest BCUT2D eigenvalue weighted by atomic mass is 10.3. The summed E-state index contributed by atoms with van der Waals surface area (Å²) in [7, 11) is 0. The van der Waals surface area contributed by atoms with E-state index in [0.717, 1.165) is 0 Å². The Morgan fingerprint density at radius 2 is 1.33 bits per heavy atom. The molecule has 0 amide bonds. The van der Waals surface area contributed by atoms with Gasteiger partial charge in [-0.05, 0) is 25.0 Å². The van der Waals surface area contributed by atoms with Crippen LogP contribution in [0.5, 0.6) is 0 Å². The van der Waals surface area contributed by atoms with Crippen LogP contribution in [0.4, 0.5) is 0 Å². The molecule has 0 aliphatic heterocycles. The lowest BCUT2D eigenvalue weighted by Crippen LogP contribution is -2.13. The van der Waals surface area contributed by atoms with Crippen molar-refractivity contribution in [2.45, 2.75) is 52.4 Å². The third-order valence-corrected chi connectivity index (χ3v) is 8.32. The van der Waals surface area contributed by atoms with Gasteiger partial charge >= 0.3 is 0 Å². The molecular weight excluding hydrogens is 259 g/mol. The Hall–Kier alpha value is -0.0600. The van der Waals surface area contributed by atoms with Crippen molar-refractivity contribution >= 4 is 23.2 Å². The van der Waals surface area contributed by atoms with Crippen molar-refractivity contribution in [3.05, 3.63) is 30.3 Å². The normalized spacial score (nSPS) is 11.7. The summed E-state index contributed by atoms with van der Waals surface area (Å²) in [5.74, 6) is 0. The molecule has 102 valence electrons. The molecule has 2 heteroatoms. The van der Waals surface area contributed by atoms with Crippen LogP contribution in [-0.4, -0.2) is 12.3 Å². The number of unbranched alkanes of at least 4 members (excludes halogenated alkanes) is 4. The number of benzene rings is 1. The van der Waals surface area contributed by atoms with Crippen LogP contribution in [0.3, 0.4) is 0 Å². The van der Waals surface area contributed by atoms with E-state index in [2.05, 4.69) is 44.2 Å². The van der Waals surface area contributed by atoms with Crippen molar-refractivity contribution in [3.8, 4) is 0 Å². The molecule has 0 unspecified atom stereocenters. The van der Waals surface area contributed by atoms with Crippen molar-refractivity contribution in [3.63, 3.8) is 0 Å². The fourth-order valence-electron chi connectivity index (χ4n) is 2.29. The molecule has 0 bridgehead atoms. The van der Waals surface area contributed by atoms with Crippen molar-refractivity contribution in [2.75, 3.05) is 12.3 Å². The molecule has 0 radical (unpaired) electrons. The van der Waals surface area contributed by atoms with Gasteiger partial charge in [0.15, 0.2) is 0 Å². The Kier molecular flexibility index (Phi) is 7.95. The highest BCUT2D eigenvalue weighted by molar-refractivity contribution is 8.04. The fraction of sp³-hybridized carbons (Fsp3) is 0.625. The number of halogens is 1. The fourth-order valence-corrected chi connectivity index (χ4v) is 6.24. The average Bonchev–Trinajstić information content (AvgIpc) is 2.40. The van der Waals surface area contributed by atoms with E-state index in [1.165, 1.54) is 56.2 Å². The summed E-state index contributed by atoms with van der Waals surface area (Å²) in [6.45, 7) is 3.11. The monoisotopic (exact) mass is 285 g/mol. The van der Waals surface area contributed by atoms with Crippen molar-refractivity contribution in [1.29, 1.82) is 0 Å². The highest BCUT2D eigenvalue weighted by Crippen LogP contribution is 2.63. The second kappa shape index (κ2) is 8.94. The number of hydrogen-bond acceptors (Lipinski definition) is 0. The molecule has 0 fully saturated rings. The maximum Gasteiger partial charge on any atom is 0.146 e. The van der Waals surface area contributed by atoms with E-state index in [1.54, 1.807) is 0 Å². The minimum absolute atomic E-state index is 1.22. The summed E-state index contributed by atoms with van der Waals surface area (Å²) < 4.78 is 0. The first-order valence-corrected chi connectivity index (χ1v) is 10.4. The largest absolute Gasteiger partial charge is 0.146 e. The first-order valence-electron chi connectivity index (χ1n) is 7.35. The molecule has 1 rings (SSSR count). The zero-order valence-electron chi connectivity index (χ0n) is 11.9. The van der Waals surface area contributed by atoms with Crippen molar-refractivity contribution < 1.29 is 0 Å². The van der Waals surface area contributed by atoms with E-state index >= 15 is 0 Å². The molecule has 0 aliphatic carbocycles. The Balaban J connectivity index is 2.67. The van der Waals surface area contributed by atoms with Crippen molar-refractivity contribution in [1.82, 2.24) is 0 Å². The zero-order chi connectivity index (χ0) is 13.3. The van der Waals surface area contributed by atoms with Crippen LogP contribution in [0.1, 0.15) is 52.4 Å². The molecule has 18 heavy (non-hydrogen) atoms. The molecule has 0 saturated heterocycles. The van der Waals surface area contributed by atoms with Crippen LogP contribution in [0, 0.1) is 0 Å². The molecule has 0 N–H and O–H groups in total. The molecule has 1 aromatic rings. The summed E-state index contributed by atoms with van der Waals surface area (Å²) in [5.41, 5.74) is 0. The van der Waals surface area contributed by atoms with E-state index in [9.17, 15) is 0 Å². The summed E-state index contributed by atoms with van der Waals surface area (Å²) >= 11 is 7.05. The van der Waals surface area contributed by atoms with Gasteiger partial charge in [-0.3, -0.25) is 0 Å². The Morgan fingerprint density at radius 3 is 1.78 bits per heavy atom. The minimum Gasteiger partial charge on any atom is -0.0654 e. The second-order valence-electron chi connectivity index (χ2n) is 5.06. The maximum absolute atomic E-state index is 7.05. The van der Waals surface area contributed by atoms with E-state index in [0.29, 0.717) is 0 Å². The topological polar surface area (TPSA) is 0 Å². The predicted molar refractivity (Wildman–Crippen MR) is 87.6 cm³/mol. The van der Waals surface area contributed by atoms with Gasteiger partial charge in [-0.25, -0.2) is 0 Å². The van der Waals surface area contributed by atoms with Crippen LogP contribution in [0.25, 0.3) is 0 Å². The summed E-state index contributed by atoms with van der Waals surface area (Å²) in [4.78, 5) is 0. The molecule has 0 heterocycles. The standard InChI is InChI=1S/C16H27ClP/c1-3-5-10-14-18(17,15-11-6-4-2)16-12-8-7-9-13-16/h7-9,12-13H,3-6,10-11,14-15H2,1-2H3/q+1. The second-order valence-corrected chi connectivity index (χ2v) is 10.1. The molecule has 1 aromatic carbocycles. The first kappa shape index (κ1) is 16.0. The van der Waals surface area contributed by atoms with Crippen LogP contribution < -0.4 is 5.30 Å². The minimum atomic E-state index is -1.41.